The van der Waals surface area contributed by atoms with Gasteiger partial charge < -0.3 is 9.47 Å². The van der Waals surface area contributed by atoms with E-state index in [9.17, 15) is 4.79 Å². The average molecular weight is 148 g/mol. The van der Waals surface area contributed by atoms with Crippen LogP contribution in [0, 0.1) is 0 Å². The van der Waals surface area contributed by atoms with Gasteiger partial charge >= 0.3 is 6.09 Å². The molecule has 10 heavy (non-hydrogen) atoms. The molecule has 5 heteroatoms. The van der Waals surface area contributed by atoms with Gasteiger partial charge in [-0.3, -0.25) is 5.43 Å². The summed E-state index contributed by atoms with van der Waals surface area (Å²) in [7, 11) is 0. The van der Waals surface area contributed by atoms with Gasteiger partial charge in [-0.2, -0.15) is 0 Å². The highest BCUT2D eigenvalue weighted by Gasteiger charge is 1.95. The monoisotopic (exact) mass is 148 g/mol. The maximum Gasteiger partial charge on any atom is 0.421 e. The second-order valence-corrected chi connectivity index (χ2v) is 1.48. The highest BCUT2D eigenvalue weighted by atomic mass is 16.6. The molecular formula is C5H12N2O3. The molecule has 0 saturated heterocycles. The van der Waals surface area contributed by atoms with E-state index < -0.39 is 6.09 Å². The number of hydrogen-bond donors (Lipinski definition) is 2. The molecule has 0 fully saturated rings. The van der Waals surface area contributed by atoms with Crippen LogP contribution in [-0.2, 0) is 9.47 Å². The Bertz CT molecular complexity index is 96.9. The van der Waals surface area contributed by atoms with Crippen LogP contribution in [0.3, 0.4) is 0 Å². The summed E-state index contributed by atoms with van der Waals surface area (Å²) in [6.45, 7) is 3.12. The van der Waals surface area contributed by atoms with Gasteiger partial charge in [-0.05, 0) is 6.92 Å². The molecule has 0 heterocycles. The number of nitrogens with two attached hydrogens (primary N) is 1. The number of hydrogen-bond acceptors (Lipinski definition) is 4. The van der Waals surface area contributed by atoms with Crippen molar-refractivity contribution in [1.29, 1.82) is 0 Å². The van der Waals surface area contributed by atoms with Crippen LogP contribution in [0.2, 0.25) is 0 Å². The minimum Gasteiger partial charge on any atom is -0.446 e. The van der Waals surface area contributed by atoms with Crippen LogP contribution in [0.1, 0.15) is 6.92 Å². The fourth-order valence-electron chi connectivity index (χ4n) is 0.379. The molecule has 0 bridgehead atoms. The van der Waals surface area contributed by atoms with Gasteiger partial charge in [0.1, 0.15) is 6.61 Å². The van der Waals surface area contributed by atoms with Gasteiger partial charge in [0.2, 0.25) is 0 Å². The molecule has 0 radical (unpaired) electrons. The van der Waals surface area contributed by atoms with Crippen molar-refractivity contribution in [3.63, 3.8) is 0 Å². The highest BCUT2D eigenvalue weighted by Crippen LogP contribution is 1.77. The first kappa shape index (κ1) is 9.19. The topological polar surface area (TPSA) is 73.6 Å². The molecule has 0 saturated carbocycles. The van der Waals surface area contributed by atoms with Crippen molar-refractivity contribution in [3.8, 4) is 0 Å². The van der Waals surface area contributed by atoms with E-state index in [0.29, 0.717) is 13.2 Å². The second-order valence-electron chi connectivity index (χ2n) is 1.48. The van der Waals surface area contributed by atoms with Crippen molar-refractivity contribution in [2.45, 2.75) is 6.92 Å². The Morgan fingerprint density at radius 2 is 2.30 bits per heavy atom. The zero-order valence-electron chi connectivity index (χ0n) is 5.92. The van der Waals surface area contributed by atoms with Crippen LogP contribution in [0.5, 0.6) is 0 Å². The third-order valence-corrected chi connectivity index (χ3v) is 0.783. The third-order valence-electron chi connectivity index (χ3n) is 0.783. The van der Waals surface area contributed by atoms with E-state index in [2.05, 4.69) is 4.74 Å². The van der Waals surface area contributed by atoms with Gasteiger partial charge in [0.05, 0.1) is 6.61 Å². The summed E-state index contributed by atoms with van der Waals surface area (Å²) in [5, 5.41) is 0. The fourth-order valence-corrected chi connectivity index (χ4v) is 0.379. The minimum atomic E-state index is -0.639. The zero-order chi connectivity index (χ0) is 7.82. The van der Waals surface area contributed by atoms with Crippen LogP contribution in [-0.4, -0.2) is 25.9 Å². The van der Waals surface area contributed by atoms with Crippen molar-refractivity contribution in [2.75, 3.05) is 19.8 Å². The number of ether oxygens (including phenoxy) is 2. The Balaban J connectivity index is 2.96. The number of carbonyl (C=O) groups is 1. The molecule has 5 nitrogen and oxygen atoms in total. The van der Waals surface area contributed by atoms with Crippen molar-refractivity contribution in [1.82, 2.24) is 5.43 Å². The van der Waals surface area contributed by atoms with Gasteiger partial charge in [-0.1, -0.05) is 0 Å². The summed E-state index contributed by atoms with van der Waals surface area (Å²) < 4.78 is 9.38. The van der Waals surface area contributed by atoms with Gasteiger partial charge in [0, 0.05) is 6.61 Å². The maximum atomic E-state index is 10.3. The van der Waals surface area contributed by atoms with Crippen LogP contribution in [0.25, 0.3) is 0 Å². The summed E-state index contributed by atoms with van der Waals surface area (Å²) in [5.74, 6) is 4.72. The Morgan fingerprint density at radius 3 is 2.80 bits per heavy atom. The first-order valence-corrected chi connectivity index (χ1v) is 3.02. The number of rotatable bonds is 4. The molecule has 0 aliphatic rings. The second kappa shape index (κ2) is 6.31. The van der Waals surface area contributed by atoms with Gasteiger partial charge in [-0.25, -0.2) is 10.6 Å². The number of hydrazine groups is 1. The Morgan fingerprint density at radius 1 is 1.60 bits per heavy atom. The SMILES string of the molecule is CCOCCOC(=O)NN. The van der Waals surface area contributed by atoms with Crippen LogP contribution >= 0.6 is 0 Å². The number of carbonyl (C=O) groups excluding carboxylic acids is 1. The molecule has 0 atom stereocenters. The van der Waals surface area contributed by atoms with Crippen molar-refractivity contribution in [2.24, 2.45) is 5.84 Å². The van der Waals surface area contributed by atoms with E-state index in [-0.39, 0.29) is 6.61 Å². The Hall–Kier alpha value is -0.810. The number of amides is 1. The summed E-state index contributed by atoms with van der Waals surface area (Å²) >= 11 is 0. The summed E-state index contributed by atoms with van der Waals surface area (Å²) in [4.78, 5) is 10.3. The van der Waals surface area contributed by atoms with Gasteiger partial charge in [-0.15, -0.1) is 0 Å². The molecule has 60 valence electrons. The smallest absolute Gasteiger partial charge is 0.421 e. The van der Waals surface area contributed by atoms with Crippen molar-refractivity contribution in [3.05, 3.63) is 0 Å². The molecular weight excluding hydrogens is 136 g/mol. The zero-order valence-corrected chi connectivity index (χ0v) is 5.92. The molecule has 0 unspecified atom stereocenters. The maximum absolute atomic E-state index is 10.3. The Labute approximate surface area is 59.4 Å². The van der Waals surface area contributed by atoms with Crippen LogP contribution < -0.4 is 11.3 Å². The van der Waals surface area contributed by atoms with Crippen molar-refractivity contribution < 1.29 is 14.3 Å². The molecule has 0 aromatic carbocycles. The molecule has 0 aromatic heterocycles. The molecule has 0 aliphatic carbocycles. The Kier molecular flexibility index (Phi) is 5.80. The summed E-state index contributed by atoms with van der Waals surface area (Å²) in [6.07, 6.45) is -0.639. The molecule has 0 rings (SSSR count). The predicted molar refractivity (Wildman–Crippen MR) is 35.2 cm³/mol. The lowest BCUT2D eigenvalue weighted by molar-refractivity contribution is 0.0789. The lowest BCUT2D eigenvalue weighted by atomic mass is 10.7. The van der Waals surface area contributed by atoms with E-state index in [1.165, 1.54) is 0 Å². The molecule has 3 N–H and O–H groups in total. The first-order valence-electron chi connectivity index (χ1n) is 3.02. The summed E-state index contributed by atoms with van der Waals surface area (Å²) in [5.41, 5.74) is 1.83. The standard InChI is InChI=1S/C5H12N2O3/c1-2-9-3-4-10-5(8)7-6/h2-4,6H2,1H3,(H,7,8). The van der Waals surface area contributed by atoms with Crippen LogP contribution in [0.4, 0.5) is 4.79 Å². The quantitative estimate of drug-likeness (QED) is 0.247. The summed E-state index contributed by atoms with van der Waals surface area (Å²) in [6, 6.07) is 0. The highest BCUT2D eigenvalue weighted by molar-refractivity contribution is 5.66. The fraction of sp³-hybridized carbons (Fsp3) is 0.800. The minimum absolute atomic E-state index is 0.233. The van der Waals surface area contributed by atoms with E-state index >= 15 is 0 Å². The molecule has 1 amide bonds. The van der Waals surface area contributed by atoms with Crippen molar-refractivity contribution >= 4 is 6.09 Å². The number of nitrogens with one attached hydrogen (secondary N) is 1. The lowest BCUT2D eigenvalue weighted by Crippen LogP contribution is -2.31. The van der Waals surface area contributed by atoms with E-state index in [1.54, 1.807) is 0 Å². The predicted octanol–water partition coefficient (Wildman–Crippen LogP) is -0.377. The van der Waals surface area contributed by atoms with E-state index in [0.717, 1.165) is 0 Å². The third kappa shape index (κ3) is 5.33. The van der Waals surface area contributed by atoms with E-state index in [4.69, 9.17) is 10.6 Å². The molecule has 0 aromatic rings. The average Bonchev–Trinajstić information content (AvgIpc) is 1.98. The van der Waals surface area contributed by atoms with Crippen LogP contribution in [0.15, 0.2) is 0 Å². The largest absolute Gasteiger partial charge is 0.446 e. The molecule has 0 aliphatic heterocycles. The van der Waals surface area contributed by atoms with E-state index in [1.807, 2.05) is 12.3 Å². The lowest BCUT2D eigenvalue weighted by Gasteiger charge is -2.02. The van der Waals surface area contributed by atoms with Gasteiger partial charge in [0.15, 0.2) is 0 Å². The first-order chi connectivity index (χ1) is 4.81. The van der Waals surface area contributed by atoms with Gasteiger partial charge in [0.25, 0.3) is 0 Å². The molecule has 0 spiro atoms. The normalized spacial score (nSPS) is 9.00.